The molecule has 0 rings (SSSR count). The summed E-state index contributed by atoms with van der Waals surface area (Å²) in [6.45, 7) is 6.84. The van der Waals surface area contributed by atoms with E-state index in [2.05, 4.69) is 24.5 Å². The molecule has 0 aromatic rings. The third kappa shape index (κ3) is 9.53. The van der Waals surface area contributed by atoms with Crippen molar-refractivity contribution in [3.63, 3.8) is 0 Å². The van der Waals surface area contributed by atoms with E-state index in [1.54, 1.807) is 6.92 Å². The Hall–Kier alpha value is -0.770. The topological polar surface area (TPSA) is 61.4 Å². The van der Waals surface area contributed by atoms with Crippen LogP contribution in [0.15, 0.2) is 0 Å². The monoisotopic (exact) mass is 216 g/mol. The number of rotatable bonds is 7. The van der Waals surface area contributed by atoms with Gasteiger partial charge in [-0.1, -0.05) is 26.7 Å². The summed E-state index contributed by atoms with van der Waals surface area (Å²) in [4.78, 5) is 11.2. The van der Waals surface area contributed by atoms with E-state index in [-0.39, 0.29) is 18.7 Å². The molecule has 0 saturated carbocycles. The average molecular weight is 216 g/mol. The van der Waals surface area contributed by atoms with Crippen molar-refractivity contribution in [2.75, 3.05) is 13.2 Å². The lowest BCUT2D eigenvalue weighted by Gasteiger charge is -2.12. The molecular formula is C11H24N2O2. The Balaban J connectivity index is 3.31. The van der Waals surface area contributed by atoms with E-state index >= 15 is 0 Å². The molecule has 2 amide bonds. The molecule has 0 aliphatic carbocycles. The second-order valence-electron chi connectivity index (χ2n) is 4.37. The van der Waals surface area contributed by atoms with Crippen molar-refractivity contribution in [2.45, 2.75) is 46.1 Å². The van der Waals surface area contributed by atoms with Crippen LogP contribution in [-0.4, -0.2) is 30.3 Å². The molecule has 0 aromatic heterocycles. The third-order valence-electron chi connectivity index (χ3n) is 2.15. The number of nitrogens with one attached hydrogen (secondary N) is 2. The maximum Gasteiger partial charge on any atom is 0.315 e. The van der Waals surface area contributed by atoms with Crippen LogP contribution in [0.1, 0.15) is 40.0 Å². The third-order valence-corrected chi connectivity index (χ3v) is 2.15. The number of carbonyl (C=O) groups is 1. The molecule has 90 valence electrons. The number of unbranched alkanes of at least 4 members (excludes halogenated alkanes) is 1. The van der Waals surface area contributed by atoms with Crippen molar-refractivity contribution in [1.82, 2.24) is 10.6 Å². The molecule has 0 spiro atoms. The molecule has 0 bridgehead atoms. The zero-order chi connectivity index (χ0) is 11.7. The predicted octanol–water partition coefficient (Wildman–Crippen LogP) is 1.49. The fraction of sp³-hybridized carbons (Fsp3) is 0.909. The number of carbonyl (C=O) groups excluding carboxylic acids is 1. The number of aliphatic hydroxyl groups is 1. The van der Waals surface area contributed by atoms with E-state index in [1.807, 2.05) is 0 Å². The highest BCUT2D eigenvalue weighted by Crippen LogP contribution is 2.04. The average Bonchev–Trinajstić information content (AvgIpc) is 2.16. The fourth-order valence-electron chi connectivity index (χ4n) is 1.20. The molecule has 0 fully saturated rings. The molecule has 3 N–H and O–H groups in total. The van der Waals surface area contributed by atoms with Gasteiger partial charge in [-0.25, -0.2) is 4.79 Å². The van der Waals surface area contributed by atoms with E-state index in [4.69, 9.17) is 5.11 Å². The van der Waals surface area contributed by atoms with Crippen molar-refractivity contribution >= 4 is 6.03 Å². The molecule has 0 aliphatic heterocycles. The van der Waals surface area contributed by atoms with Crippen LogP contribution < -0.4 is 10.6 Å². The van der Waals surface area contributed by atoms with Gasteiger partial charge in [0, 0.05) is 6.54 Å². The van der Waals surface area contributed by atoms with E-state index in [1.165, 1.54) is 6.42 Å². The minimum atomic E-state index is -0.193. The van der Waals surface area contributed by atoms with Gasteiger partial charge in [-0.15, -0.1) is 0 Å². The smallest absolute Gasteiger partial charge is 0.315 e. The summed E-state index contributed by atoms with van der Waals surface area (Å²) in [5.74, 6) is 0.730. The summed E-state index contributed by atoms with van der Waals surface area (Å²) >= 11 is 0. The standard InChI is InChI=1S/C11H24N2O2/c1-9(2)6-4-5-7-12-11(15)13-10(3)8-14/h9-10,14H,4-8H2,1-3H3,(H2,12,13,15). The maximum absolute atomic E-state index is 11.2. The van der Waals surface area contributed by atoms with Crippen LogP contribution >= 0.6 is 0 Å². The first-order chi connectivity index (χ1) is 7.06. The van der Waals surface area contributed by atoms with Gasteiger partial charge in [0.25, 0.3) is 0 Å². The highest BCUT2D eigenvalue weighted by atomic mass is 16.3. The van der Waals surface area contributed by atoms with Crippen LogP contribution in [0.3, 0.4) is 0 Å². The molecule has 4 nitrogen and oxygen atoms in total. The van der Waals surface area contributed by atoms with Crippen LogP contribution in [0.4, 0.5) is 4.79 Å². The normalized spacial score (nSPS) is 12.6. The number of urea groups is 1. The number of hydrogen-bond acceptors (Lipinski definition) is 2. The minimum absolute atomic E-state index is 0.0270. The first-order valence-corrected chi connectivity index (χ1v) is 5.71. The molecule has 0 radical (unpaired) electrons. The van der Waals surface area contributed by atoms with Gasteiger partial charge in [-0.3, -0.25) is 0 Å². The fourth-order valence-corrected chi connectivity index (χ4v) is 1.20. The van der Waals surface area contributed by atoms with Gasteiger partial charge in [0.05, 0.1) is 12.6 Å². The van der Waals surface area contributed by atoms with Crippen molar-refractivity contribution < 1.29 is 9.90 Å². The molecule has 0 saturated heterocycles. The van der Waals surface area contributed by atoms with E-state index < -0.39 is 0 Å². The number of hydrogen-bond donors (Lipinski definition) is 3. The van der Waals surface area contributed by atoms with Gasteiger partial charge in [-0.05, 0) is 19.3 Å². The molecule has 1 unspecified atom stereocenters. The van der Waals surface area contributed by atoms with E-state index in [0.717, 1.165) is 18.8 Å². The van der Waals surface area contributed by atoms with Crippen LogP contribution in [0.25, 0.3) is 0 Å². The van der Waals surface area contributed by atoms with Crippen molar-refractivity contribution in [3.8, 4) is 0 Å². The summed E-state index contributed by atoms with van der Waals surface area (Å²) in [5, 5.41) is 14.1. The van der Waals surface area contributed by atoms with Crippen molar-refractivity contribution in [2.24, 2.45) is 5.92 Å². The largest absolute Gasteiger partial charge is 0.394 e. The second-order valence-corrected chi connectivity index (χ2v) is 4.37. The number of aliphatic hydroxyl groups excluding tert-OH is 1. The molecule has 0 aliphatic rings. The van der Waals surface area contributed by atoms with Gasteiger partial charge in [-0.2, -0.15) is 0 Å². The van der Waals surface area contributed by atoms with Crippen LogP contribution in [0.2, 0.25) is 0 Å². The summed E-state index contributed by atoms with van der Waals surface area (Å²) in [7, 11) is 0. The lowest BCUT2D eigenvalue weighted by Crippen LogP contribution is -2.42. The summed E-state index contributed by atoms with van der Waals surface area (Å²) in [5.41, 5.74) is 0. The Morgan fingerprint density at radius 2 is 1.93 bits per heavy atom. The van der Waals surface area contributed by atoms with Gasteiger partial charge < -0.3 is 15.7 Å². The molecule has 15 heavy (non-hydrogen) atoms. The summed E-state index contributed by atoms with van der Waals surface area (Å²) < 4.78 is 0. The van der Waals surface area contributed by atoms with Crippen LogP contribution in [0.5, 0.6) is 0 Å². The highest BCUT2D eigenvalue weighted by molar-refractivity contribution is 5.74. The van der Waals surface area contributed by atoms with Crippen LogP contribution in [0, 0.1) is 5.92 Å². The minimum Gasteiger partial charge on any atom is -0.394 e. The predicted molar refractivity (Wildman–Crippen MR) is 61.8 cm³/mol. The van der Waals surface area contributed by atoms with Crippen molar-refractivity contribution in [1.29, 1.82) is 0 Å². The van der Waals surface area contributed by atoms with Crippen LogP contribution in [-0.2, 0) is 0 Å². The second kappa shape index (κ2) is 8.53. The first kappa shape index (κ1) is 14.2. The highest BCUT2D eigenvalue weighted by Gasteiger charge is 2.04. The Labute approximate surface area is 92.4 Å². The lowest BCUT2D eigenvalue weighted by atomic mass is 10.1. The van der Waals surface area contributed by atoms with Gasteiger partial charge in [0.15, 0.2) is 0 Å². The lowest BCUT2D eigenvalue weighted by molar-refractivity contribution is 0.220. The Kier molecular flexibility index (Phi) is 8.09. The Bertz CT molecular complexity index is 172. The van der Waals surface area contributed by atoms with Gasteiger partial charge in [0.1, 0.15) is 0 Å². The molecule has 1 atom stereocenters. The SMILES string of the molecule is CC(C)CCCCNC(=O)NC(C)CO. The van der Waals surface area contributed by atoms with Gasteiger partial charge >= 0.3 is 6.03 Å². The van der Waals surface area contributed by atoms with Crippen molar-refractivity contribution in [3.05, 3.63) is 0 Å². The molecular weight excluding hydrogens is 192 g/mol. The zero-order valence-electron chi connectivity index (χ0n) is 10.0. The molecule has 0 heterocycles. The van der Waals surface area contributed by atoms with E-state index in [9.17, 15) is 4.79 Å². The zero-order valence-corrected chi connectivity index (χ0v) is 10.0. The summed E-state index contributed by atoms with van der Waals surface area (Å²) in [6, 6.07) is -0.373. The summed E-state index contributed by atoms with van der Waals surface area (Å²) in [6.07, 6.45) is 3.36. The molecule has 0 aromatic carbocycles. The maximum atomic E-state index is 11.2. The van der Waals surface area contributed by atoms with E-state index in [0.29, 0.717) is 6.54 Å². The Morgan fingerprint density at radius 1 is 1.27 bits per heavy atom. The quantitative estimate of drug-likeness (QED) is 0.565. The first-order valence-electron chi connectivity index (χ1n) is 5.71. The molecule has 4 heteroatoms. The van der Waals surface area contributed by atoms with Gasteiger partial charge in [0.2, 0.25) is 0 Å². The number of amides is 2. The Morgan fingerprint density at radius 3 is 2.47 bits per heavy atom.